The maximum Gasteiger partial charge on any atom is 0.148 e. The number of nitrogen functional groups attached to an aromatic ring is 1. The molecule has 0 saturated heterocycles. The zero-order chi connectivity index (χ0) is 12.9. The molecule has 0 saturated carbocycles. The monoisotopic (exact) mass is 241 g/mol. The van der Waals surface area contributed by atoms with Gasteiger partial charge in [0.2, 0.25) is 0 Å². The lowest BCUT2D eigenvalue weighted by atomic mass is 10.0. The quantitative estimate of drug-likeness (QED) is 0.336. The number of aliphatic hydroxyl groups is 2. The number of anilines is 2. The highest BCUT2D eigenvalue weighted by molar-refractivity contribution is 5.57. The van der Waals surface area contributed by atoms with Crippen molar-refractivity contribution in [1.29, 1.82) is 0 Å². The van der Waals surface area contributed by atoms with Crippen LogP contribution in [0.3, 0.4) is 0 Å². The first kappa shape index (κ1) is 13.6. The first-order valence-corrected chi connectivity index (χ1v) is 5.40. The van der Waals surface area contributed by atoms with Crippen LogP contribution in [0.4, 0.5) is 11.6 Å². The summed E-state index contributed by atoms with van der Waals surface area (Å²) in [5.74, 6) is 6.44. The molecular weight excluding hydrogens is 222 g/mol. The number of nitrogens with two attached hydrogens (primary N) is 1. The van der Waals surface area contributed by atoms with Crippen LogP contribution in [-0.4, -0.2) is 38.9 Å². The third kappa shape index (κ3) is 3.02. The summed E-state index contributed by atoms with van der Waals surface area (Å²) in [7, 11) is 0. The summed E-state index contributed by atoms with van der Waals surface area (Å²) in [6, 6.07) is 0. The highest BCUT2D eigenvalue weighted by atomic mass is 16.3. The largest absolute Gasteiger partial charge is 0.394 e. The molecule has 0 atom stereocenters. The van der Waals surface area contributed by atoms with E-state index >= 15 is 0 Å². The van der Waals surface area contributed by atoms with Crippen molar-refractivity contribution in [1.82, 2.24) is 9.97 Å². The van der Waals surface area contributed by atoms with E-state index in [0.29, 0.717) is 18.1 Å². The minimum atomic E-state index is -0.829. The van der Waals surface area contributed by atoms with Crippen molar-refractivity contribution in [2.24, 2.45) is 5.84 Å². The predicted molar refractivity (Wildman–Crippen MR) is 65.4 cm³/mol. The van der Waals surface area contributed by atoms with Crippen LogP contribution in [-0.2, 0) is 6.42 Å². The molecule has 6 N–H and O–H groups in total. The number of aromatic nitrogens is 2. The van der Waals surface area contributed by atoms with Crippen molar-refractivity contribution in [3.63, 3.8) is 0 Å². The van der Waals surface area contributed by atoms with Gasteiger partial charge in [-0.1, -0.05) is 6.92 Å². The van der Waals surface area contributed by atoms with Gasteiger partial charge in [0.1, 0.15) is 18.0 Å². The number of aliphatic hydroxyl groups excluding tert-OH is 2. The maximum atomic E-state index is 9.23. The Hall–Kier alpha value is -1.44. The highest BCUT2D eigenvalue weighted by Crippen LogP contribution is 2.22. The predicted octanol–water partition coefficient (Wildman–Crippen LogP) is -0.520. The van der Waals surface area contributed by atoms with Crippen LogP contribution < -0.4 is 16.6 Å². The van der Waals surface area contributed by atoms with Gasteiger partial charge in [-0.3, -0.25) is 0 Å². The summed E-state index contributed by atoms with van der Waals surface area (Å²) in [5, 5.41) is 21.5. The van der Waals surface area contributed by atoms with E-state index in [1.165, 1.54) is 6.33 Å². The molecule has 1 heterocycles. The van der Waals surface area contributed by atoms with Gasteiger partial charge in [-0.05, 0) is 13.3 Å². The number of hydrogen-bond acceptors (Lipinski definition) is 7. The minimum absolute atomic E-state index is 0.206. The van der Waals surface area contributed by atoms with Crippen LogP contribution in [0.5, 0.6) is 0 Å². The van der Waals surface area contributed by atoms with Crippen molar-refractivity contribution in [2.45, 2.75) is 25.8 Å². The highest BCUT2D eigenvalue weighted by Gasteiger charge is 2.24. The lowest BCUT2D eigenvalue weighted by molar-refractivity contribution is 0.147. The molecule has 7 heteroatoms. The molecule has 1 aromatic rings. The van der Waals surface area contributed by atoms with Crippen molar-refractivity contribution in [2.75, 3.05) is 24.0 Å². The number of rotatable bonds is 6. The van der Waals surface area contributed by atoms with Crippen LogP contribution in [0.2, 0.25) is 0 Å². The molecule has 0 radical (unpaired) electrons. The molecule has 7 nitrogen and oxygen atoms in total. The Balaban J connectivity index is 3.05. The van der Waals surface area contributed by atoms with E-state index in [1.807, 2.05) is 6.92 Å². The Morgan fingerprint density at radius 3 is 2.35 bits per heavy atom. The van der Waals surface area contributed by atoms with Crippen LogP contribution in [0.15, 0.2) is 6.33 Å². The molecule has 0 fully saturated rings. The summed E-state index contributed by atoms with van der Waals surface area (Å²) in [4.78, 5) is 8.10. The molecule has 96 valence electrons. The Labute approximate surface area is 100 Å². The van der Waals surface area contributed by atoms with Crippen LogP contribution >= 0.6 is 0 Å². The fourth-order valence-corrected chi connectivity index (χ4v) is 1.39. The van der Waals surface area contributed by atoms with Crippen LogP contribution in [0.25, 0.3) is 0 Å². The van der Waals surface area contributed by atoms with Gasteiger partial charge in [-0.15, -0.1) is 0 Å². The zero-order valence-electron chi connectivity index (χ0n) is 10.1. The van der Waals surface area contributed by atoms with Crippen molar-refractivity contribution >= 4 is 11.6 Å². The van der Waals surface area contributed by atoms with Crippen molar-refractivity contribution in [3.05, 3.63) is 11.9 Å². The Morgan fingerprint density at radius 1 is 1.29 bits per heavy atom. The first-order valence-electron chi connectivity index (χ1n) is 5.40. The summed E-state index contributed by atoms with van der Waals surface area (Å²) < 4.78 is 0. The van der Waals surface area contributed by atoms with E-state index in [1.54, 1.807) is 6.92 Å². The second-order valence-corrected chi connectivity index (χ2v) is 4.05. The third-order valence-electron chi connectivity index (χ3n) is 2.55. The Kier molecular flexibility index (Phi) is 4.62. The Bertz CT molecular complexity index is 368. The van der Waals surface area contributed by atoms with Gasteiger partial charge in [0.05, 0.1) is 18.8 Å². The SMILES string of the molecule is CCc1c(NN)ncnc1NC(C)(CO)CO. The number of hydrogen-bond donors (Lipinski definition) is 5. The summed E-state index contributed by atoms with van der Waals surface area (Å²) in [6.07, 6.45) is 2.04. The number of hydrazine groups is 1. The molecule has 0 aliphatic carbocycles. The average molecular weight is 241 g/mol. The molecule has 0 unspecified atom stereocenters. The summed E-state index contributed by atoms with van der Waals surface area (Å²) >= 11 is 0. The van der Waals surface area contributed by atoms with E-state index in [0.717, 1.165) is 5.56 Å². The Morgan fingerprint density at radius 2 is 1.88 bits per heavy atom. The van der Waals surface area contributed by atoms with Gasteiger partial charge in [0.25, 0.3) is 0 Å². The van der Waals surface area contributed by atoms with Crippen molar-refractivity contribution in [3.8, 4) is 0 Å². The topological polar surface area (TPSA) is 116 Å². The molecule has 0 bridgehead atoms. The average Bonchev–Trinajstić information content (AvgIpc) is 2.38. The number of nitrogens with zero attached hydrogens (tertiary/aromatic N) is 2. The molecule has 0 aliphatic rings. The van der Waals surface area contributed by atoms with Gasteiger partial charge in [0.15, 0.2) is 0 Å². The molecule has 17 heavy (non-hydrogen) atoms. The lowest BCUT2D eigenvalue weighted by Gasteiger charge is -2.28. The molecule has 0 amide bonds. The van der Waals surface area contributed by atoms with E-state index in [9.17, 15) is 10.2 Å². The molecule has 1 aromatic heterocycles. The van der Waals surface area contributed by atoms with E-state index < -0.39 is 5.54 Å². The molecule has 0 spiro atoms. The van der Waals surface area contributed by atoms with Gasteiger partial charge in [-0.25, -0.2) is 15.8 Å². The van der Waals surface area contributed by atoms with Crippen molar-refractivity contribution < 1.29 is 10.2 Å². The summed E-state index contributed by atoms with van der Waals surface area (Å²) in [5.41, 5.74) is 2.47. The zero-order valence-corrected chi connectivity index (χ0v) is 10.1. The van der Waals surface area contributed by atoms with Crippen LogP contribution in [0, 0.1) is 0 Å². The summed E-state index contributed by atoms with van der Waals surface area (Å²) in [6.45, 7) is 3.23. The smallest absolute Gasteiger partial charge is 0.148 e. The molecule has 0 aliphatic heterocycles. The second-order valence-electron chi connectivity index (χ2n) is 4.05. The third-order valence-corrected chi connectivity index (χ3v) is 2.55. The van der Waals surface area contributed by atoms with E-state index in [4.69, 9.17) is 5.84 Å². The maximum absolute atomic E-state index is 9.23. The van der Waals surface area contributed by atoms with Gasteiger partial charge in [0, 0.05) is 5.56 Å². The first-order chi connectivity index (χ1) is 8.10. The molecule has 0 aromatic carbocycles. The molecule has 1 rings (SSSR count). The van der Waals surface area contributed by atoms with Crippen LogP contribution in [0.1, 0.15) is 19.4 Å². The normalized spacial score (nSPS) is 11.4. The fourth-order valence-electron chi connectivity index (χ4n) is 1.39. The minimum Gasteiger partial charge on any atom is -0.394 e. The standard InChI is InChI=1S/C10H19N5O2/c1-3-7-8(12-6-13-9(7)15-11)14-10(2,4-16)5-17/h6,16-17H,3-5,11H2,1-2H3,(H2,12,13,14,15). The molecular formula is C10H19N5O2. The second kappa shape index (κ2) is 5.76. The van der Waals surface area contributed by atoms with Gasteiger partial charge < -0.3 is 21.0 Å². The van der Waals surface area contributed by atoms with Gasteiger partial charge in [-0.2, -0.15) is 0 Å². The lowest BCUT2D eigenvalue weighted by Crippen LogP contribution is -2.43. The fraction of sp³-hybridized carbons (Fsp3) is 0.600. The number of nitrogens with one attached hydrogen (secondary N) is 2. The van der Waals surface area contributed by atoms with Gasteiger partial charge >= 0.3 is 0 Å². The van der Waals surface area contributed by atoms with E-state index in [-0.39, 0.29) is 13.2 Å². The van der Waals surface area contributed by atoms with E-state index in [2.05, 4.69) is 20.7 Å².